The molecule has 1 saturated carbocycles. The largest absolute Gasteiger partial charge is 0.490 e. The van der Waals surface area contributed by atoms with Crippen LogP contribution in [0.4, 0.5) is 4.79 Å². The second-order valence-corrected chi connectivity index (χ2v) is 8.17. The Hall–Kier alpha value is -1.95. The van der Waals surface area contributed by atoms with Gasteiger partial charge in [0, 0.05) is 5.41 Å². The molecule has 5 nitrogen and oxygen atoms in total. The van der Waals surface area contributed by atoms with E-state index in [1.807, 2.05) is 25.1 Å². The van der Waals surface area contributed by atoms with Crippen molar-refractivity contribution < 1.29 is 19.1 Å². The second kappa shape index (κ2) is 8.16. The maximum absolute atomic E-state index is 11.7. The summed E-state index contributed by atoms with van der Waals surface area (Å²) < 4.78 is 11.8. The minimum atomic E-state index is -0.358. The van der Waals surface area contributed by atoms with E-state index in [1.165, 1.54) is 32.1 Å². The fraction of sp³-hybridized carbons (Fsp3) is 0.500. The zero-order chi connectivity index (χ0) is 18.6. The first kappa shape index (κ1) is 18.8. The predicted molar refractivity (Wildman–Crippen MR) is 103 cm³/mol. The van der Waals surface area contributed by atoms with Crippen molar-refractivity contribution in [2.24, 2.45) is 5.41 Å². The quantitative estimate of drug-likeness (QED) is 0.726. The van der Waals surface area contributed by atoms with Crippen LogP contribution in [0.2, 0.25) is 0 Å². The minimum absolute atomic E-state index is 0.224. The van der Waals surface area contributed by atoms with Gasteiger partial charge in [-0.25, -0.2) is 0 Å². The van der Waals surface area contributed by atoms with Crippen LogP contribution in [0, 0.1) is 5.41 Å². The number of rotatable bonds is 6. The fourth-order valence-corrected chi connectivity index (χ4v) is 4.06. The van der Waals surface area contributed by atoms with Gasteiger partial charge in [-0.05, 0) is 55.3 Å². The lowest BCUT2D eigenvalue weighted by Gasteiger charge is -2.33. The normalized spacial score (nSPS) is 20.9. The monoisotopic (exact) mass is 375 g/mol. The molecule has 140 valence electrons. The molecule has 2 aliphatic rings. The summed E-state index contributed by atoms with van der Waals surface area (Å²) in [6, 6.07) is 5.61. The predicted octanol–water partition coefficient (Wildman–Crippen LogP) is 4.76. The van der Waals surface area contributed by atoms with Crippen molar-refractivity contribution in [1.29, 1.82) is 0 Å². The lowest BCUT2D eigenvalue weighted by molar-refractivity contribution is -0.115. The van der Waals surface area contributed by atoms with Crippen LogP contribution in [0.3, 0.4) is 0 Å². The van der Waals surface area contributed by atoms with Gasteiger partial charge in [-0.2, -0.15) is 0 Å². The van der Waals surface area contributed by atoms with Crippen LogP contribution in [0.1, 0.15) is 51.5 Å². The average molecular weight is 375 g/mol. The highest BCUT2D eigenvalue weighted by Crippen LogP contribution is 2.38. The maximum atomic E-state index is 11.7. The molecule has 2 amide bonds. The fourth-order valence-electron chi connectivity index (χ4n) is 3.38. The smallest absolute Gasteiger partial charge is 0.290 e. The summed E-state index contributed by atoms with van der Waals surface area (Å²) >= 11 is 0.910. The third-order valence-electron chi connectivity index (χ3n) is 4.84. The Morgan fingerprint density at radius 3 is 2.58 bits per heavy atom. The van der Waals surface area contributed by atoms with E-state index in [0.717, 1.165) is 23.1 Å². The van der Waals surface area contributed by atoms with Crippen molar-refractivity contribution in [1.82, 2.24) is 5.32 Å². The van der Waals surface area contributed by atoms with Crippen molar-refractivity contribution in [2.75, 3.05) is 13.2 Å². The van der Waals surface area contributed by atoms with Crippen LogP contribution < -0.4 is 14.8 Å². The Morgan fingerprint density at radius 2 is 1.92 bits per heavy atom. The number of imide groups is 1. The molecule has 0 atom stereocenters. The highest BCUT2D eigenvalue weighted by atomic mass is 32.2. The molecule has 0 spiro atoms. The number of benzene rings is 1. The lowest BCUT2D eigenvalue weighted by atomic mass is 9.76. The molecule has 1 N–H and O–H groups in total. The Bertz CT molecular complexity index is 723. The van der Waals surface area contributed by atoms with Gasteiger partial charge in [-0.3, -0.25) is 14.9 Å². The molecule has 1 aromatic rings. The third kappa shape index (κ3) is 4.61. The average Bonchev–Trinajstić information content (AvgIpc) is 2.92. The second-order valence-electron chi connectivity index (χ2n) is 7.15. The molecule has 26 heavy (non-hydrogen) atoms. The summed E-state index contributed by atoms with van der Waals surface area (Å²) in [4.78, 5) is 23.4. The topological polar surface area (TPSA) is 64.6 Å². The molecule has 1 aliphatic heterocycles. The standard InChI is InChI=1S/C20H25NO4S/c1-3-24-16-11-14(12-17-18(22)21-19(23)26-17)7-8-15(16)25-13-20(2)9-5-4-6-10-20/h7-8,11-12H,3-6,9-10,13H2,1-2H3,(H,21,22,23)/b17-12+. The van der Waals surface area contributed by atoms with E-state index in [1.54, 1.807) is 6.08 Å². The third-order valence-corrected chi connectivity index (χ3v) is 5.65. The first-order chi connectivity index (χ1) is 12.5. The number of carbonyl (C=O) groups is 2. The molecule has 3 rings (SSSR count). The molecule has 0 unspecified atom stereocenters. The van der Waals surface area contributed by atoms with Gasteiger partial charge < -0.3 is 9.47 Å². The highest BCUT2D eigenvalue weighted by Gasteiger charge is 2.28. The van der Waals surface area contributed by atoms with Crippen molar-refractivity contribution in [3.8, 4) is 11.5 Å². The number of hydrogen-bond acceptors (Lipinski definition) is 5. The molecule has 2 fully saturated rings. The van der Waals surface area contributed by atoms with Gasteiger partial charge in [0.1, 0.15) is 0 Å². The first-order valence-electron chi connectivity index (χ1n) is 9.14. The highest BCUT2D eigenvalue weighted by molar-refractivity contribution is 8.18. The van der Waals surface area contributed by atoms with Gasteiger partial charge in [-0.15, -0.1) is 0 Å². The van der Waals surface area contributed by atoms with E-state index in [4.69, 9.17) is 9.47 Å². The first-order valence-corrected chi connectivity index (χ1v) is 9.95. The van der Waals surface area contributed by atoms with E-state index in [-0.39, 0.29) is 16.6 Å². The zero-order valence-corrected chi connectivity index (χ0v) is 16.1. The Kier molecular flexibility index (Phi) is 5.91. The molecule has 1 aliphatic carbocycles. The maximum Gasteiger partial charge on any atom is 0.290 e. The van der Waals surface area contributed by atoms with Gasteiger partial charge in [-0.1, -0.05) is 32.3 Å². The number of thioether (sulfide) groups is 1. The van der Waals surface area contributed by atoms with E-state index >= 15 is 0 Å². The zero-order valence-electron chi connectivity index (χ0n) is 15.3. The number of nitrogens with one attached hydrogen (secondary N) is 1. The molecule has 0 radical (unpaired) electrons. The summed E-state index contributed by atoms with van der Waals surface area (Å²) in [6.45, 7) is 5.43. The molecule has 0 aromatic heterocycles. The Labute approximate surface area is 158 Å². The van der Waals surface area contributed by atoms with Crippen LogP contribution in [-0.2, 0) is 4.79 Å². The van der Waals surface area contributed by atoms with E-state index in [2.05, 4.69) is 12.2 Å². The summed E-state index contributed by atoms with van der Waals surface area (Å²) in [5.41, 5.74) is 1.03. The van der Waals surface area contributed by atoms with Gasteiger partial charge in [0.2, 0.25) is 0 Å². The van der Waals surface area contributed by atoms with E-state index < -0.39 is 0 Å². The molecule has 1 saturated heterocycles. The molecular weight excluding hydrogens is 350 g/mol. The van der Waals surface area contributed by atoms with Crippen LogP contribution in [-0.4, -0.2) is 24.4 Å². The van der Waals surface area contributed by atoms with Crippen LogP contribution in [0.15, 0.2) is 23.1 Å². The lowest BCUT2D eigenvalue weighted by Crippen LogP contribution is -2.27. The van der Waals surface area contributed by atoms with Gasteiger partial charge in [0.25, 0.3) is 11.1 Å². The Morgan fingerprint density at radius 1 is 1.15 bits per heavy atom. The number of carbonyl (C=O) groups excluding carboxylic acids is 2. The molecular formula is C20H25NO4S. The molecule has 6 heteroatoms. The number of amides is 2. The van der Waals surface area contributed by atoms with Gasteiger partial charge in [0.15, 0.2) is 11.5 Å². The minimum Gasteiger partial charge on any atom is -0.490 e. The summed E-state index contributed by atoms with van der Waals surface area (Å²) in [5, 5.41) is 1.92. The number of hydrogen-bond donors (Lipinski definition) is 1. The Balaban J connectivity index is 1.75. The van der Waals surface area contributed by atoms with E-state index in [9.17, 15) is 9.59 Å². The van der Waals surface area contributed by atoms with Crippen LogP contribution in [0.25, 0.3) is 6.08 Å². The van der Waals surface area contributed by atoms with Crippen molar-refractivity contribution in [2.45, 2.75) is 46.0 Å². The van der Waals surface area contributed by atoms with Crippen molar-refractivity contribution >= 4 is 29.0 Å². The van der Waals surface area contributed by atoms with Crippen LogP contribution >= 0.6 is 11.8 Å². The van der Waals surface area contributed by atoms with E-state index in [0.29, 0.717) is 23.9 Å². The molecule has 0 bridgehead atoms. The number of ether oxygens (including phenoxy) is 2. The summed E-state index contributed by atoms with van der Waals surface area (Å²) in [7, 11) is 0. The van der Waals surface area contributed by atoms with Crippen molar-refractivity contribution in [3.63, 3.8) is 0 Å². The molecule has 1 heterocycles. The van der Waals surface area contributed by atoms with Gasteiger partial charge in [0.05, 0.1) is 18.1 Å². The summed E-state index contributed by atoms with van der Waals surface area (Å²) in [6.07, 6.45) is 7.94. The van der Waals surface area contributed by atoms with Crippen molar-refractivity contribution in [3.05, 3.63) is 28.7 Å². The molecule has 1 aromatic carbocycles. The van der Waals surface area contributed by atoms with Crippen LogP contribution in [0.5, 0.6) is 11.5 Å². The van der Waals surface area contributed by atoms with Gasteiger partial charge >= 0.3 is 0 Å². The summed E-state index contributed by atoms with van der Waals surface area (Å²) in [5.74, 6) is 1.03. The SMILES string of the molecule is CCOc1cc(/C=C2/SC(=O)NC2=O)ccc1OCC1(C)CCCCC1.